The molecule has 0 unspecified atom stereocenters. The number of nitrogens with zero attached hydrogens (tertiary/aromatic N) is 2. The van der Waals surface area contributed by atoms with Crippen molar-refractivity contribution < 1.29 is 9.59 Å². The standard InChI is InChI=1S/C19H22ClN5O2/c1-19(6-8-21-9-7-19)12-24-17(26)15-16(23-11-10-22-15)18(27)25-14-4-2-13(20)3-5-14/h2-5,10-11,21H,6-9,12H2,1H3,(H,24,26)(H,25,27). The van der Waals surface area contributed by atoms with E-state index in [4.69, 9.17) is 11.6 Å². The lowest BCUT2D eigenvalue weighted by molar-refractivity contribution is 0.0905. The fourth-order valence-electron chi connectivity index (χ4n) is 2.98. The summed E-state index contributed by atoms with van der Waals surface area (Å²) in [7, 11) is 0. The summed E-state index contributed by atoms with van der Waals surface area (Å²) in [5.74, 6) is -0.896. The van der Waals surface area contributed by atoms with Gasteiger partial charge in [-0.2, -0.15) is 0 Å². The highest BCUT2D eigenvalue weighted by atomic mass is 35.5. The van der Waals surface area contributed by atoms with Crippen LogP contribution in [0.15, 0.2) is 36.7 Å². The molecule has 0 saturated carbocycles. The highest BCUT2D eigenvalue weighted by Gasteiger charge is 2.28. The molecule has 1 fully saturated rings. The second-order valence-corrected chi connectivity index (χ2v) is 7.39. The number of amides is 2. The summed E-state index contributed by atoms with van der Waals surface area (Å²) in [5, 5.41) is 9.50. The van der Waals surface area contributed by atoms with Gasteiger partial charge < -0.3 is 16.0 Å². The van der Waals surface area contributed by atoms with E-state index in [1.165, 1.54) is 12.4 Å². The average molecular weight is 388 g/mol. The molecule has 1 aliphatic heterocycles. The van der Waals surface area contributed by atoms with E-state index in [0.717, 1.165) is 25.9 Å². The van der Waals surface area contributed by atoms with Crippen LogP contribution >= 0.6 is 11.6 Å². The van der Waals surface area contributed by atoms with Crippen LogP contribution in [-0.2, 0) is 0 Å². The Bertz CT molecular complexity index is 819. The van der Waals surface area contributed by atoms with Gasteiger partial charge in [0.1, 0.15) is 0 Å². The fraction of sp³-hybridized carbons (Fsp3) is 0.368. The number of anilines is 1. The Balaban J connectivity index is 1.69. The van der Waals surface area contributed by atoms with Gasteiger partial charge >= 0.3 is 0 Å². The molecule has 3 N–H and O–H groups in total. The molecule has 1 saturated heterocycles. The van der Waals surface area contributed by atoms with Crippen LogP contribution in [0.5, 0.6) is 0 Å². The van der Waals surface area contributed by atoms with Gasteiger partial charge in [0.15, 0.2) is 11.4 Å². The fourth-order valence-corrected chi connectivity index (χ4v) is 3.10. The second-order valence-electron chi connectivity index (χ2n) is 6.96. The number of hydrogen-bond donors (Lipinski definition) is 3. The summed E-state index contributed by atoms with van der Waals surface area (Å²) in [6.45, 7) is 4.56. The van der Waals surface area contributed by atoms with Crippen molar-refractivity contribution >= 4 is 29.1 Å². The smallest absolute Gasteiger partial charge is 0.276 e. The third-order valence-corrected chi connectivity index (χ3v) is 4.97. The van der Waals surface area contributed by atoms with Crippen molar-refractivity contribution in [1.82, 2.24) is 20.6 Å². The minimum absolute atomic E-state index is 0.0135. The summed E-state index contributed by atoms with van der Waals surface area (Å²) in [6, 6.07) is 6.69. The van der Waals surface area contributed by atoms with Crippen molar-refractivity contribution in [2.24, 2.45) is 5.41 Å². The van der Waals surface area contributed by atoms with Crippen molar-refractivity contribution in [3.8, 4) is 0 Å². The predicted molar refractivity (Wildman–Crippen MR) is 104 cm³/mol. The van der Waals surface area contributed by atoms with Gasteiger partial charge in [-0.05, 0) is 55.6 Å². The van der Waals surface area contributed by atoms with Crippen LogP contribution in [0.1, 0.15) is 40.7 Å². The van der Waals surface area contributed by atoms with E-state index in [1.807, 2.05) is 0 Å². The Kier molecular flexibility index (Phi) is 6.03. The number of benzene rings is 1. The Morgan fingerprint density at radius 1 is 1.07 bits per heavy atom. The van der Waals surface area contributed by atoms with Gasteiger partial charge in [0.05, 0.1) is 0 Å². The number of rotatable bonds is 5. The SMILES string of the molecule is CC1(CNC(=O)c2nccnc2C(=O)Nc2ccc(Cl)cc2)CCNCC1. The van der Waals surface area contributed by atoms with Gasteiger partial charge in [-0.15, -0.1) is 0 Å². The lowest BCUT2D eigenvalue weighted by Gasteiger charge is -2.34. The molecule has 1 aromatic heterocycles. The van der Waals surface area contributed by atoms with Crippen LogP contribution in [0, 0.1) is 5.41 Å². The van der Waals surface area contributed by atoms with Gasteiger partial charge in [-0.3, -0.25) is 9.59 Å². The van der Waals surface area contributed by atoms with Gasteiger partial charge in [-0.25, -0.2) is 9.97 Å². The van der Waals surface area contributed by atoms with E-state index in [2.05, 4.69) is 32.8 Å². The van der Waals surface area contributed by atoms with Crippen molar-refractivity contribution in [3.63, 3.8) is 0 Å². The zero-order valence-electron chi connectivity index (χ0n) is 15.1. The molecule has 8 heteroatoms. The molecule has 1 aliphatic rings. The van der Waals surface area contributed by atoms with Crippen LogP contribution < -0.4 is 16.0 Å². The molecule has 3 rings (SSSR count). The monoisotopic (exact) mass is 387 g/mol. The summed E-state index contributed by atoms with van der Waals surface area (Å²) >= 11 is 5.85. The molecule has 27 heavy (non-hydrogen) atoms. The van der Waals surface area contributed by atoms with Gasteiger partial charge in [0, 0.05) is 29.6 Å². The molecule has 0 atom stereocenters. The molecule has 2 aromatic rings. The van der Waals surface area contributed by atoms with Gasteiger partial charge in [0.25, 0.3) is 11.8 Å². The van der Waals surface area contributed by atoms with Gasteiger partial charge in [-0.1, -0.05) is 18.5 Å². The largest absolute Gasteiger partial charge is 0.350 e. The van der Waals surface area contributed by atoms with E-state index in [1.54, 1.807) is 24.3 Å². The molecule has 1 aromatic carbocycles. The summed E-state index contributed by atoms with van der Waals surface area (Å²) in [5.41, 5.74) is 0.597. The summed E-state index contributed by atoms with van der Waals surface area (Å²) < 4.78 is 0. The molecular weight excluding hydrogens is 366 g/mol. The zero-order chi connectivity index (χ0) is 19.3. The van der Waals surface area contributed by atoms with E-state index in [9.17, 15) is 9.59 Å². The maximum atomic E-state index is 12.6. The molecule has 2 amide bonds. The normalized spacial score (nSPS) is 15.8. The first-order chi connectivity index (χ1) is 13.0. The summed E-state index contributed by atoms with van der Waals surface area (Å²) in [6.07, 6.45) is 4.76. The van der Waals surface area contributed by atoms with Crippen LogP contribution in [0.4, 0.5) is 5.69 Å². The lowest BCUT2D eigenvalue weighted by Crippen LogP contribution is -2.43. The number of hydrogen-bond acceptors (Lipinski definition) is 5. The molecule has 2 heterocycles. The zero-order valence-corrected chi connectivity index (χ0v) is 15.8. The Morgan fingerprint density at radius 3 is 2.30 bits per heavy atom. The number of carbonyl (C=O) groups excluding carboxylic acids is 2. The first-order valence-corrected chi connectivity index (χ1v) is 9.21. The van der Waals surface area contributed by atoms with Crippen molar-refractivity contribution in [2.45, 2.75) is 19.8 Å². The predicted octanol–water partition coefficient (Wildman–Crippen LogP) is 2.50. The number of aromatic nitrogens is 2. The minimum atomic E-state index is -0.497. The highest BCUT2D eigenvalue weighted by molar-refractivity contribution is 6.30. The van der Waals surface area contributed by atoms with Crippen LogP contribution in [0.3, 0.4) is 0 Å². The number of nitrogens with one attached hydrogen (secondary N) is 3. The molecule has 7 nitrogen and oxygen atoms in total. The third kappa shape index (κ3) is 5.02. The van der Waals surface area contributed by atoms with Gasteiger partial charge in [0.2, 0.25) is 0 Å². The van der Waals surface area contributed by atoms with E-state index >= 15 is 0 Å². The van der Waals surface area contributed by atoms with Crippen molar-refractivity contribution in [1.29, 1.82) is 0 Å². The molecule has 0 spiro atoms. The van der Waals surface area contributed by atoms with Crippen molar-refractivity contribution in [2.75, 3.05) is 25.0 Å². The molecular formula is C19H22ClN5O2. The third-order valence-electron chi connectivity index (χ3n) is 4.72. The number of halogens is 1. The Hall–Kier alpha value is -2.51. The Labute approximate surface area is 162 Å². The molecule has 142 valence electrons. The highest BCUT2D eigenvalue weighted by Crippen LogP contribution is 2.26. The first-order valence-electron chi connectivity index (χ1n) is 8.84. The van der Waals surface area contributed by atoms with Crippen LogP contribution in [-0.4, -0.2) is 41.4 Å². The van der Waals surface area contributed by atoms with E-state index < -0.39 is 11.8 Å². The summed E-state index contributed by atoms with van der Waals surface area (Å²) in [4.78, 5) is 33.3. The van der Waals surface area contributed by atoms with Crippen LogP contribution in [0.2, 0.25) is 5.02 Å². The van der Waals surface area contributed by atoms with E-state index in [0.29, 0.717) is 17.3 Å². The lowest BCUT2D eigenvalue weighted by atomic mass is 9.81. The maximum absolute atomic E-state index is 12.6. The maximum Gasteiger partial charge on any atom is 0.276 e. The first kappa shape index (κ1) is 19.3. The quantitative estimate of drug-likeness (QED) is 0.732. The van der Waals surface area contributed by atoms with E-state index in [-0.39, 0.29) is 16.8 Å². The molecule has 0 aliphatic carbocycles. The average Bonchev–Trinajstić information content (AvgIpc) is 2.68. The topological polar surface area (TPSA) is 96.0 Å². The number of carbonyl (C=O) groups is 2. The second kappa shape index (κ2) is 8.45. The number of piperidine rings is 1. The molecule has 0 radical (unpaired) electrons. The molecule has 0 bridgehead atoms. The van der Waals surface area contributed by atoms with Crippen molar-refractivity contribution in [3.05, 3.63) is 53.1 Å². The van der Waals surface area contributed by atoms with Crippen LogP contribution in [0.25, 0.3) is 0 Å². The Morgan fingerprint density at radius 2 is 1.67 bits per heavy atom. The minimum Gasteiger partial charge on any atom is -0.350 e.